The van der Waals surface area contributed by atoms with Gasteiger partial charge < -0.3 is 4.74 Å². The average Bonchev–Trinajstić information content (AvgIpc) is 2.28. The summed E-state index contributed by atoms with van der Waals surface area (Å²) in [6.45, 7) is 9.50. The predicted octanol–water partition coefficient (Wildman–Crippen LogP) is 4.31. The lowest BCUT2D eigenvalue weighted by molar-refractivity contribution is 0.0767. The minimum absolute atomic E-state index is 0.321. The highest BCUT2D eigenvalue weighted by Gasteiger charge is 2.09. The van der Waals surface area contributed by atoms with Gasteiger partial charge in [-0.25, -0.2) is 0 Å². The molecule has 0 radical (unpaired) electrons. The van der Waals surface area contributed by atoms with Crippen molar-refractivity contribution in [1.29, 1.82) is 0 Å². The molecule has 0 aliphatic carbocycles. The van der Waals surface area contributed by atoms with Crippen molar-refractivity contribution < 1.29 is 4.74 Å². The van der Waals surface area contributed by atoms with Gasteiger partial charge in [-0.05, 0) is 56.7 Å². The molecule has 0 bridgehead atoms. The van der Waals surface area contributed by atoms with Crippen molar-refractivity contribution in [3.8, 4) is 0 Å². The molecule has 0 amide bonds. The molecule has 1 aromatic rings. The van der Waals surface area contributed by atoms with Crippen LogP contribution in [-0.2, 0) is 17.6 Å². The summed E-state index contributed by atoms with van der Waals surface area (Å²) in [7, 11) is 0. The zero-order chi connectivity index (χ0) is 12.7. The molecule has 0 saturated heterocycles. The van der Waals surface area contributed by atoms with Crippen LogP contribution in [0.25, 0.3) is 0 Å². The van der Waals surface area contributed by atoms with Gasteiger partial charge in [0.2, 0.25) is 0 Å². The van der Waals surface area contributed by atoms with Crippen molar-refractivity contribution in [2.24, 2.45) is 0 Å². The lowest BCUT2D eigenvalue weighted by Crippen LogP contribution is -2.13. The van der Waals surface area contributed by atoms with Crippen molar-refractivity contribution in [2.75, 3.05) is 6.61 Å². The molecule has 0 spiro atoms. The SMILES string of the molecule is CCCCc1c(C)cccc1CC(C)OCC. The molecule has 1 nitrogen and oxygen atoms in total. The van der Waals surface area contributed by atoms with Crippen LogP contribution in [0.4, 0.5) is 0 Å². The van der Waals surface area contributed by atoms with E-state index in [1.807, 2.05) is 0 Å². The Labute approximate surface area is 106 Å². The summed E-state index contributed by atoms with van der Waals surface area (Å²) >= 11 is 0. The molecule has 0 aromatic heterocycles. The van der Waals surface area contributed by atoms with Gasteiger partial charge in [0.05, 0.1) is 6.10 Å². The van der Waals surface area contributed by atoms with E-state index < -0.39 is 0 Å². The Morgan fingerprint density at radius 2 is 2.00 bits per heavy atom. The van der Waals surface area contributed by atoms with Gasteiger partial charge in [-0.15, -0.1) is 0 Å². The third kappa shape index (κ3) is 4.51. The van der Waals surface area contributed by atoms with Crippen molar-refractivity contribution in [1.82, 2.24) is 0 Å². The van der Waals surface area contributed by atoms with E-state index in [1.165, 1.54) is 30.4 Å². The Morgan fingerprint density at radius 3 is 2.65 bits per heavy atom. The van der Waals surface area contributed by atoms with E-state index in [2.05, 4.69) is 45.9 Å². The van der Waals surface area contributed by atoms with E-state index in [4.69, 9.17) is 4.74 Å². The standard InChI is InChI=1S/C16H26O/c1-5-7-11-16-13(3)9-8-10-15(16)12-14(4)17-6-2/h8-10,14H,5-7,11-12H2,1-4H3. The summed E-state index contributed by atoms with van der Waals surface area (Å²) in [6, 6.07) is 6.64. The lowest BCUT2D eigenvalue weighted by Gasteiger charge is -2.16. The Kier molecular flexibility index (Phi) is 6.28. The summed E-state index contributed by atoms with van der Waals surface area (Å²) in [5, 5.41) is 0. The zero-order valence-corrected chi connectivity index (χ0v) is 11.8. The largest absolute Gasteiger partial charge is 0.378 e. The molecule has 1 aromatic carbocycles. The summed E-state index contributed by atoms with van der Waals surface area (Å²) in [4.78, 5) is 0. The second-order valence-electron chi connectivity index (χ2n) is 4.79. The smallest absolute Gasteiger partial charge is 0.0587 e. The van der Waals surface area contributed by atoms with Gasteiger partial charge in [-0.1, -0.05) is 31.5 Å². The summed E-state index contributed by atoms with van der Waals surface area (Å²) < 4.78 is 5.65. The molecule has 17 heavy (non-hydrogen) atoms. The number of aryl methyl sites for hydroxylation is 1. The molecule has 1 unspecified atom stereocenters. The van der Waals surface area contributed by atoms with E-state index in [9.17, 15) is 0 Å². The van der Waals surface area contributed by atoms with Gasteiger partial charge in [-0.3, -0.25) is 0 Å². The van der Waals surface area contributed by atoms with Gasteiger partial charge in [0.15, 0.2) is 0 Å². The maximum atomic E-state index is 5.65. The number of rotatable bonds is 7. The lowest BCUT2D eigenvalue weighted by atomic mass is 9.94. The Bertz CT molecular complexity index is 330. The van der Waals surface area contributed by atoms with Crippen molar-refractivity contribution >= 4 is 0 Å². The van der Waals surface area contributed by atoms with Gasteiger partial charge >= 0.3 is 0 Å². The second-order valence-corrected chi connectivity index (χ2v) is 4.79. The summed E-state index contributed by atoms with van der Waals surface area (Å²) in [5.74, 6) is 0. The monoisotopic (exact) mass is 234 g/mol. The van der Waals surface area contributed by atoms with Crippen LogP contribution >= 0.6 is 0 Å². The zero-order valence-electron chi connectivity index (χ0n) is 11.8. The molecular weight excluding hydrogens is 208 g/mol. The van der Waals surface area contributed by atoms with E-state index in [0.717, 1.165) is 13.0 Å². The van der Waals surface area contributed by atoms with Crippen molar-refractivity contribution in [3.05, 3.63) is 34.9 Å². The molecule has 1 atom stereocenters. The highest BCUT2D eigenvalue weighted by molar-refractivity contribution is 5.35. The molecule has 0 aliphatic rings. The van der Waals surface area contributed by atoms with Gasteiger partial charge in [0, 0.05) is 6.61 Å². The Morgan fingerprint density at radius 1 is 1.24 bits per heavy atom. The van der Waals surface area contributed by atoms with E-state index in [0.29, 0.717) is 6.10 Å². The first-order valence-electron chi connectivity index (χ1n) is 6.88. The van der Waals surface area contributed by atoms with Crippen LogP contribution in [0, 0.1) is 6.92 Å². The molecule has 0 aliphatic heterocycles. The maximum Gasteiger partial charge on any atom is 0.0587 e. The average molecular weight is 234 g/mol. The Hall–Kier alpha value is -0.820. The first kappa shape index (κ1) is 14.2. The van der Waals surface area contributed by atoms with Crippen LogP contribution in [-0.4, -0.2) is 12.7 Å². The summed E-state index contributed by atoms with van der Waals surface area (Å²) in [6.07, 6.45) is 5.10. The van der Waals surface area contributed by atoms with Gasteiger partial charge in [0.1, 0.15) is 0 Å². The van der Waals surface area contributed by atoms with Crippen molar-refractivity contribution in [3.63, 3.8) is 0 Å². The van der Waals surface area contributed by atoms with Crippen LogP contribution in [0.5, 0.6) is 0 Å². The van der Waals surface area contributed by atoms with Crippen LogP contribution in [0.2, 0.25) is 0 Å². The van der Waals surface area contributed by atoms with Gasteiger partial charge in [-0.2, -0.15) is 0 Å². The van der Waals surface area contributed by atoms with Gasteiger partial charge in [0.25, 0.3) is 0 Å². The second kappa shape index (κ2) is 7.50. The molecule has 0 saturated carbocycles. The molecular formula is C16H26O. The van der Waals surface area contributed by atoms with Crippen LogP contribution < -0.4 is 0 Å². The number of ether oxygens (including phenoxy) is 1. The van der Waals surface area contributed by atoms with Crippen LogP contribution in [0.15, 0.2) is 18.2 Å². The molecule has 1 heteroatoms. The normalized spacial score (nSPS) is 12.7. The Balaban J connectivity index is 2.78. The third-order valence-corrected chi connectivity index (χ3v) is 3.25. The fourth-order valence-electron chi connectivity index (χ4n) is 2.32. The van der Waals surface area contributed by atoms with Crippen LogP contribution in [0.3, 0.4) is 0 Å². The van der Waals surface area contributed by atoms with E-state index >= 15 is 0 Å². The van der Waals surface area contributed by atoms with E-state index in [1.54, 1.807) is 5.56 Å². The maximum absolute atomic E-state index is 5.65. The molecule has 0 fully saturated rings. The first-order chi connectivity index (χ1) is 8.19. The predicted molar refractivity (Wildman–Crippen MR) is 74.6 cm³/mol. The highest BCUT2D eigenvalue weighted by Crippen LogP contribution is 2.19. The highest BCUT2D eigenvalue weighted by atomic mass is 16.5. The summed E-state index contributed by atoms with van der Waals surface area (Å²) in [5.41, 5.74) is 4.44. The number of hydrogen-bond acceptors (Lipinski definition) is 1. The minimum Gasteiger partial charge on any atom is -0.378 e. The van der Waals surface area contributed by atoms with Crippen molar-refractivity contribution in [2.45, 2.75) is 59.5 Å². The third-order valence-electron chi connectivity index (χ3n) is 3.25. The van der Waals surface area contributed by atoms with E-state index in [-0.39, 0.29) is 0 Å². The molecule has 0 heterocycles. The number of unbranched alkanes of at least 4 members (excludes halogenated alkanes) is 1. The van der Waals surface area contributed by atoms with Crippen LogP contribution in [0.1, 0.15) is 50.3 Å². The quantitative estimate of drug-likeness (QED) is 0.683. The minimum atomic E-state index is 0.321. The number of benzene rings is 1. The molecule has 0 N–H and O–H groups in total. The number of hydrogen-bond donors (Lipinski definition) is 0. The fourth-order valence-corrected chi connectivity index (χ4v) is 2.32. The molecule has 96 valence electrons. The first-order valence-corrected chi connectivity index (χ1v) is 6.88. The molecule has 1 rings (SSSR count). The fraction of sp³-hybridized carbons (Fsp3) is 0.625. The topological polar surface area (TPSA) is 9.23 Å².